The number of hydrogen-bond acceptors (Lipinski definition) is 3. The first-order valence-corrected chi connectivity index (χ1v) is 7.33. The highest BCUT2D eigenvalue weighted by atomic mass is 16.5. The summed E-state index contributed by atoms with van der Waals surface area (Å²) < 4.78 is 5.67. The molecular weight excluding hydrogens is 236 g/mol. The monoisotopic (exact) mass is 258 g/mol. The van der Waals surface area contributed by atoms with Gasteiger partial charge in [-0.2, -0.15) is 0 Å². The predicted octanol–water partition coefficient (Wildman–Crippen LogP) is 2.62. The molecule has 19 heavy (non-hydrogen) atoms. The van der Waals surface area contributed by atoms with Crippen LogP contribution in [0.3, 0.4) is 0 Å². The van der Waals surface area contributed by atoms with E-state index < -0.39 is 0 Å². The van der Waals surface area contributed by atoms with Crippen molar-refractivity contribution in [1.82, 2.24) is 0 Å². The summed E-state index contributed by atoms with van der Waals surface area (Å²) >= 11 is 0. The van der Waals surface area contributed by atoms with Gasteiger partial charge in [0.15, 0.2) is 0 Å². The minimum absolute atomic E-state index is 0.128. The molecule has 2 aliphatic rings. The van der Waals surface area contributed by atoms with Crippen LogP contribution in [0.2, 0.25) is 0 Å². The Morgan fingerprint density at radius 2 is 1.95 bits per heavy atom. The van der Waals surface area contributed by atoms with E-state index in [2.05, 4.69) is 29.3 Å². The Balaban J connectivity index is 2.03. The average Bonchev–Trinajstić information content (AvgIpc) is 3.02. The van der Waals surface area contributed by atoms with Gasteiger partial charge in [0.1, 0.15) is 6.61 Å². The molecule has 1 aromatic rings. The lowest BCUT2D eigenvalue weighted by Crippen LogP contribution is -2.38. The van der Waals surface area contributed by atoms with Crippen LogP contribution in [0.1, 0.15) is 43.2 Å². The fourth-order valence-corrected chi connectivity index (χ4v) is 3.44. The Bertz CT molecular complexity index is 475. The van der Waals surface area contributed by atoms with Crippen LogP contribution in [0.4, 0.5) is 0 Å². The number of aliphatic imine (C=N–C) groups is 1. The summed E-state index contributed by atoms with van der Waals surface area (Å²) in [5.41, 5.74) is 8.79. The smallest absolute Gasteiger partial charge is 0.216 e. The molecule has 1 aromatic carbocycles. The first-order chi connectivity index (χ1) is 9.36. The van der Waals surface area contributed by atoms with Crippen molar-refractivity contribution in [2.75, 3.05) is 19.7 Å². The molecule has 1 heterocycles. The average molecular weight is 258 g/mol. The molecule has 0 radical (unpaired) electrons. The van der Waals surface area contributed by atoms with E-state index in [-0.39, 0.29) is 5.41 Å². The van der Waals surface area contributed by atoms with Gasteiger partial charge in [0.2, 0.25) is 5.90 Å². The largest absolute Gasteiger partial charge is 0.476 e. The van der Waals surface area contributed by atoms with Gasteiger partial charge in [-0.05, 0) is 24.5 Å². The first-order valence-electron chi connectivity index (χ1n) is 7.33. The summed E-state index contributed by atoms with van der Waals surface area (Å²) in [4.78, 5) is 4.48. The molecule has 1 fully saturated rings. The SMILES string of the molecule is NCC1(c2ccccc2C2=NCCO2)CCCCC1. The Morgan fingerprint density at radius 3 is 2.63 bits per heavy atom. The quantitative estimate of drug-likeness (QED) is 0.906. The van der Waals surface area contributed by atoms with Crippen LogP contribution in [-0.2, 0) is 10.2 Å². The van der Waals surface area contributed by atoms with Gasteiger partial charge in [-0.15, -0.1) is 0 Å². The van der Waals surface area contributed by atoms with E-state index in [1.807, 2.05) is 0 Å². The fourth-order valence-electron chi connectivity index (χ4n) is 3.44. The minimum Gasteiger partial charge on any atom is -0.476 e. The summed E-state index contributed by atoms with van der Waals surface area (Å²) in [7, 11) is 0. The van der Waals surface area contributed by atoms with Gasteiger partial charge < -0.3 is 10.5 Å². The molecule has 0 aromatic heterocycles. The molecule has 0 atom stereocenters. The van der Waals surface area contributed by atoms with Gasteiger partial charge in [-0.25, -0.2) is 4.99 Å². The standard InChI is InChI=1S/C16H22N2O/c17-12-16(8-4-1-5-9-16)14-7-3-2-6-13(14)15-18-10-11-19-15/h2-3,6-7H,1,4-5,8-12,17H2. The number of hydrogen-bond donors (Lipinski definition) is 1. The summed E-state index contributed by atoms with van der Waals surface area (Å²) in [6, 6.07) is 8.53. The van der Waals surface area contributed by atoms with Gasteiger partial charge in [-0.3, -0.25) is 0 Å². The second-order valence-electron chi connectivity index (χ2n) is 5.63. The number of nitrogens with zero attached hydrogens (tertiary/aromatic N) is 1. The lowest BCUT2D eigenvalue weighted by Gasteiger charge is -2.38. The molecule has 0 unspecified atom stereocenters. The van der Waals surface area contributed by atoms with E-state index in [0.717, 1.165) is 24.6 Å². The van der Waals surface area contributed by atoms with Crippen LogP contribution in [0.15, 0.2) is 29.3 Å². The lowest BCUT2D eigenvalue weighted by atomic mass is 9.68. The van der Waals surface area contributed by atoms with Crippen molar-refractivity contribution in [2.24, 2.45) is 10.7 Å². The van der Waals surface area contributed by atoms with Crippen molar-refractivity contribution in [3.05, 3.63) is 35.4 Å². The first kappa shape index (κ1) is 12.7. The van der Waals surface area contributed by atoms with E-state index in [9.17, 15) is 0 Å². The highest BCUT2D eigenvalue weighted by Crippen LogP contribution is 2.40. The topological polar surface area (TPSA) is 47.6 Å². The predicted molar refractivity (Wildman–Crippen MR) is 77.6 cm³/mol. The zero-order valence-electron chi connectivity index (χ0n) is 11.4. The van der Waals surface area contributed by atoms with Crippen molar-refractivity contribution in [3.63, 3.8) is 0 Å². The van der Waals surface area contributed by atoms with Crippen LogP contribution in [0.5, 0.6) is 0 Å². The maximum absolute atomic E-state index is 6.16. The molecule has 2 N–H and O–H groups in total. The third-order valence-corrected chi connectivity index (χ3v) is 4.52. The van der Waals surface area contributed by atoms with Gasteiger partial charge in [-0.1, -0.05) is 37.5 Å². The molecule has 0 amide bonds. The van der Waals surface area contributed by atoms with Crippen LogP contribution in [0.25, 0.3) is 0 Å². The normalized spacial score (nSPS) is 21.8. The third kappa shape index (κ3) is 2.27. The van der Waals surface area contributed by atoms with Crippen molar-refractivity contribution < 1.29 is 4.74 Å². The van der Waals surface area contributed by atoms with Crippen molar-refractivity contribution in [1.29, 1.82) is 0 Å². The highest BCUT2D eigenvalue weighted by Gasteiger charge is 2.35. The molecule has 0 saturated heterocycles. The second kappa shape index (κ2) is 5.33. The number of nitrogens with two attached hydrogens (primary N) is 1. The van der Waals surface area contributed by atoms with Gasteiger partial charge in [0, 0.05) is 17.5 Å². The fraction of sp³-hybridized carbons (Fsp3) is 0.562. The molecular formula is C16H22N2O. The van der Waals surface area contributed by atoms with Crippen LogP contribution in [0, 0.1) is 0 Å². The third-order valence-electron chi connectivity index (χ3n) is 4.52. The Morgan fingerprint density at radius 1 is 1.16 bits per heavy atom. The van der Waals surface area contributed by atoms with Gasteiger partial charge in [0.25, 0.3) is 0 Å². The molecule has 3 rings (SSSR count). The van der Waals surface area contributed by atoms with Crippen LogP contribution >= 0.6 is 0 Å². The maximum Gasteiger partial charge on any atom is 0.216 e. The number of benzene rings is 1. The van der Waals surface area contributed by atoms with E-state index in [4.69, 9.17) is 10.5 Å². The Labute approximate surface area is 114 Å². The molecule has 1 saturated carbocycles. The summed E-state index contributed by atoms with van der Waals surface area (Å²) in [5.74, 6) is 0.814. The van der Waals surface area contributed by atoms with Crippen molar-refractivity contribution in [3.8, 4) is 0 Å². The maximum atomic E-state index is 6.16. The summed E-state index contributed by atoms with van der Waals surface area (Å²) in [5, 5.41) is 0. The summed E-state index contributed by atoms with van der Waals surface area (Å²) in [6.45, 7) is 2.20. The van der Waals surface area contributed by atoms with Crippen molar-refractivity contribution >= 4 is 5.90 Å². The molecule has 3 heteroatoms. The minimum atomic E-state index is 0.128. The Kier molecular flexibility index (Phi) is 3.56. The van der Waals surface area contributed by atoms with Crippen LogP contribution in [-0.4, -0.2) is 25.6 Å². The molecule has 0 bridgehead atoms. The van der Waals surface area contributed by atoms with Gasteiger partial charge in [0.05, 0.1) is 6.54 Å². The molecule has 1 aliphatic carbocycles. The Hall–Kier alpha value is -1.35. The lowest BCUT2D eigenvalue weighted by molar-refractivity contribution is 0.298. The van der Waals surface area contributed by atoms with E-state index in [0.29, 0.717) is 6.61 Å². The zero-order chi connectivity index (χ0) is 13.1. The van der Waals surface area contributed by atoms with E-state index in [1.165, 1.54) is 37.7 Å². The number of rotatable bonds is 3. The van der Waals surface area contributed by atoms with Gasteiger partial charge >= 0.3 is 0 Å². The van der Waals surface area contributed by atoms with Crippen LogP contribution < -0.4 is 5.73 Å². The second-order valence-corrected chi connectivity index (χ2v) is 5.63. The van der Waals surface area contributed by atoms with Crippen molar-refractivity contribution in [2.45, 2.75) is 37.5 Å². The highest BCUT2D eigenvalue weighted by molar-refractivity contribution is 5.96. The molecule has 1 aliphatic heterocycles. The summed E-state index contributed by atoms with van der Waals surface area (Å²) in [6.07, 6.45) is 6.26. The molecule has 102 valence electrons. The number of ether oxygens (including phenoxy) is 1. The molecule has 3 nitrogen and oxygen atoms in total. The van der Waals surface area contributed by atoms with E-state index >= 15 is 0 Å². The van der Waals surface area contributed by atoms with E-state index in [1.54, 1.807) is 0 Å². The molecule has 0 spiro atoms. The zero-order valence-corrected chi connectivity index (χ0v) is 11.4.